The summed E-state index contributed by atoms with van der Waals surface area (Å²) in [5.41, 5.74) is 1.07. The number of nitrogens with one attached hydrogen (secondary N) is 4. The molecule has 40 heavy (non-hydrogen) atoms. The number of carbonyl (C=O) groups excluding carboxylic acids is 4. The topological polar surface area (TPSA) is 116 Å². The van der Waals surface area contributed by atoms with Crippen molar-refractivity contribution in [3.05, 3.63) is 71.8 Å². The minimum atomic E-state index is -0.579. The van der Waals surface area contributed by atoms with E-state index < -0.39 is 12.1 Å². The molecule has 8 heteroatoms. The maximum Gasteiger partial charge on any atom is 0.251 e. The molecule has 8 nitrogen and oxygen atoms in total. The van der Waals surface area contributed by atoms with E-state index in [2.05, 4.69) is 21.3 Å². The molecule has 0 aliphatic carbocycles. The lowest BCUT2D eigenvalue weighted by Gasteiger charge is -2.22. The van der Waals surface area contributed by atoms with Gasteiger partial charge >= 0.3 is 0 Å². The fourth-order valence-corrected chi connectivity index (χ4v) is 4.30. The molecule has 0 radical (unpaired) electrons. The molecule has 2 rings (SSSR count). The second-order valence-corrected chi connectivity index (χ2v) is 10.8. The fourth-order valence-electron chi connectivity index (χ4n) is 4.30. The van der Waals surface area contributed by atoms with E-state index in [1.54, 1.807) is 48.5 Å². The van der Waals surface area contributed by atoms with Gasteiger partial charge in [-0.15, -0.1) is 0 Å². The van der Waals surface area contributed by atoms with Gasteiger partial charge in [-0.3, -0.25) is 19.2 Å². The van der Waals surface area contributed by atoms with Crippen LogP contribution in [0.25, 0.3) is 0 Å². The number of benzene rings is 2. The van der Waals surface area contributed by atoms with E-state index in [1.165, 1.54) is 0 Å². The SMILES string of the molecule is CC(C)[C@H](NC(=O)c1ccccc1)C(=O)NCCCCCCCCNC(=O)[C@@H](NC(=O)c1ccccc1)C(C)C. The molecule has 0 bridgehead atoms. The van der Waals surface area contributed by atoms with Gasteiger partial charge in [-0.2, -0.15) is 0 Å². The highest BCUT2D eigenvalue weighted by atomic mass is 16.2. The summed E-state index contributed by atoms with van der Waals surface area (Å²) in [5.74, 6) is -0.859. The quantitative estimate of drug-likeness (QED) is 0.218. The molecule has 0 saturated heterocycles. The second-order valence-electron chi connectivity index (χ2n) is 10.8. The largest absolute Gasteiger partial charge is 0.354 e. The maximum absolute atomic E-state index is 12.7. The highest BCUT2D eigenvalue weighted by Crippen LogP contribution is 2.08. The number of amides is 4. The summed E-state index contributed by atoms with van der Waals surface area (Å²) in [7, 11) is 0. The molecule has 0 aliphatic heterocycles. The summed E-state index contributed by atoms with van der Waals surface area (Å²) >= 11 is 0. The standard InChI is InChI=1S/C32H46N4O4/c1-23(2)27(35-29(37)25-17-11-9-12-18-25)31(39)33-21-15-7-5-6-8-16-22-34-32(40)28(24(3)4)36-30(38)26-19-13-10-14-20-26/h9-14,17-20,23-24,27-28H,5-8,15-16,21-22H2,1-4H3,(H,33,39)(H,34,40)(H,35,37)(H,36,38)/t27-,28-/m0/s1. The van der Waals surface area contributed by atoms with E-state index in [1.807, 2.05) is 39.8 Å². The van der Waals surface area contributed by atoms with Crippen LogP contribution in [0.3, 0.4) is 0 Å². The van der Waals surface area contributed by atoms with Crippen LogP contribution in [0.4, 0.5) is 0 Å². The Labute approximate surface area is 239 Å². The molecule has 0 spiro atoms. The number of rotatable bonds is 17. The average molecular weight is 551 g/mol. The molecule has 0 unspecified atom stereocenters. The Morgan fingerprint density at radius 1 is 0.525 bits per heavy atom. The third kappa shape index (κ3) is 11.6. The van der Waals surface area contributed by atoms with Crippen molar-refractivity contribution in [1.29, 1.82) is 0 Å². The first-order valence-electron chi connectivity index (χ1n) is 14.5. The Hall–Kier alpha value is -3.68. The molecule has 0 fully saturated rings. The smallest absolute Gasteiger partial charge is 0.251 e. The summed E-state index contributed by atoms with van der Waals surface area (Å²) in [6.45, 7) is 8.82. The molecule has 2 aromatic carbocycles. The predicted molar refractivity (Wildman–Crippen MR) is 159 cm³/mol. The Morgan fingerprint density at radius 3 is 1.18 bits per heavy atom. The first kappa shape index (κ1) is 32.5. The molecule has 0 aliphatic rings. The van der Waals surface area contributed by atoms with Gasteiger partial charge in [-0.05, 0) is 48.9 Å². The van der Waals surface area contributed by atoms with E-state index in [-0.39, 0.29) is 35.5 Å². The zero-order valence-corrected chi connectivity index (χ0v) is 24.4. The summed E-state index contributed by atoms with van der Waals surface area (Å²) in [6.07, 6.45) is 5.83. The van der Waals surface area contributed by atoms with Crippen LogP contribution in [-0.2, 0) is 9.59 Å². The Morgan fingerprint density at radius 2 is 0.850 bits per heavy atom. The van der Waals surface area contributed by atoms with Crippen molar-refractivity contribution in [3.63, 3.8) is 0 Å². The van der Waals surface area contributed by atoms with E-state index >= 15 is 0 Å². The first-order valence-corrected chi connectivity index (χ1v) is 14.5. The van der Waals surface area contributed by atoms with Crippen molar-refractivity contribution in [1.82, 2.24) is 21.3 Å². The van der Waals surface area contributed by atoms with Crippen LogP contribution in [0.15, 0.2) is 60.7 Å². The van der Waals surface area contributed by atoms with Gasteiger partial charge in [0.25, 0.3) is 11.8 Å². The number of unbranched alkanes of at least 4 members (excludes halogenated alkanes) is 5. The van der Waals surface area contributed by atoms with Gasteiger partial charge in [0.15, 0.2) is 0 Å². The zero-order chi connectivity index (χ0) is 29.3. The van der Waals surface area contributed by atoms with Gasteiger partial charge in [0, 0.05) is 24.2 Å². The van der Waals surface area contributed by atoms with Gasteiger partial charge in [0.2, 0.25) is 11.8 Å². The van der Waals surface area contributed by atoms with Crippen molar-refractivity contribution < 1.29 is 19.2 Å². The van der Waals surface area contributed by atoms with Gasteiger partial charge in [-0.1, -0.05) is 89.8 Å². The number of carbonyl (C=O) groups is 4. The highest BCUT2D eigenvalue weighted by molar-refractivity contribution is 5.98. The van der Waals surface area contributed by atoms with Gasteiger partial charge in [-0.25, -0.2) is 0 Å². The van der Waals surface area contributed by atoms with Crippen LogP contribution in [0.1, 0.15) is 86.9 Å². The lowest BCUT2D eigenvalue weighted by atomic mass is 10.0. The minimum Gasteiger partial charge on any atom is -0.354 e. The minimum absolute atomic E-state index is 0.0240. The molecule has 0 saturated carbocycles. The molecular weight excluding hydrogens is 504 g/mol. The lowest BCUT2D eigenvalue weighted by molar-refractivity contribution is -0.124. The molecular formula is C32H46N4O4. The summed E-state index contributed by atoms with van der Waals surface area (Å²) in [5, 5.41) is 11.6. The molecule has 218 valence electrons. The van der Waals surface area contributed by atoms with Crippen molar-refractivity contribution >= 4 is 23.6 Å². The molecule has 2 aromatic rings. The third-order valence-electron chi connectivity index (χ3n) is 6.75. The summed E-state index contributed by atoms with van der Waals surface area (Å²) in [6, 6.07) is 16.6. The van der Waals surface area contributed by atoms with Crippen LogP contribution in [0, 0.1) is 11.8 Å². The van der Waals surface area contributed by atoms with Crippen molar-refractivity contribution in [2.45, 2.75) is 78.3 Å². The Kier molecular flexibility index (Phi) is 14.5. The van der Waals surface area contributed by atoms with Crippen LogP contribution in [0.5, 0.6) is 0 Å². The molecule has 0 heterocycles. The van der Waals surface area contributed by atoms with Crippen molar-refractivity contribution in [2.75, 3.05) is 13.1 Å². The molecule has 0 aromatic heterocycles. The van der Waals surface area contributed by atoms with Crippen LogP contribution < -0.4 is 21.3 Å². The zero-order valence-electron chi connectivity index (χ0n) is 24.4. The van der Waals surface area contributed by atoms with Crippen LogP contribution in [-0.4, -0.2) is 48.8 Å². The van der Waals surface area contributed by atoms with E-state index in [0.29, 0.717) is 24.2 Å². The second kappa shape index (κ2) is 17.8. The average Bonchev–Trinajstić information content (AvgIpc) is 2.95. The molecule has 2 atom stereocenters. The lowest BCUT2D eigenvalue weighted by Crippen LogP contribution is -2.49. The van der Waals surface area contributed by atoms with Gasteiger partial charge in [0.1, 0.15) is 12.1 Å². The third-order valence-corrected chi connectivity index (χ3v) is 6.75. The summed E-state index contributed by atoms with van der Waals surface area (Å²) < 4.78 is 0. The van der Waals surface area contributed by atoms with Crippen molar-refractivity contribution in [3.8, 4) is 0 Å². The Balaban J connectivity index is 1.57. The fraction of sp³-hybridized carbons (Fsp3) is 0.500. The maximum atomic E-state index is 12.7. The van der Waals surface area contributed by atoms with Gasteiger partial charge in [0.05, 0.1) is 0 Å². The first-order chi connectivity index (χ1) is 19.2. The van der Waals surface area contributed by atoms with Crippen molar-refractivity contribution in [2.24, 2.45) is 11.8 Å². The molecule has 4 amide bonds. The normalized spacial score (nSPS) is 12.4. The van der Waals surface area contributed by atoms with Crippen LogP contribution >= 0.6 is 0 Å². The summed E-state index contributed by atoms with van der Waals surface area (Å²) in [4.78, 5) is 50.2. The van der Waals surface area contributed by atoms with E-state index in [9.17, 15) is 19.2 Å². The number of hydrogen-bond acceptors (Lipinski definition) is 4. The number of hydrogen-bond donors (Lipinski definition) is 4. The Bertz CT molecular complexity index is 972. The van der Waals surface area contributed by atoms with E-state index in [0.717, 1.165) is 38.5 Å². The highest BCUT2D eigenvalue weighted by Gasteiger charge is 2.25. The van der Waals surface area contributed by atoms with Crippen LogP contribution in [0.2, 0.25) is 0 Å². The monoisotopic (exact) mass is 550 g/mol. The van der Waals surface area contributed by atoms with Gasteiger partial charge < -0.3 is 21.3 Å². The van der Waals surface area contributed by atoms with E-state index in [4.69, 9.17) is 0 Å². The predicted octanol–water partition coefficient (Wildman–Crippen LogP) is 4.47. The molecule has 4 N–H and O–H groups in total.